The fourth-order valence-electron chi connectivity index (χ4n) is 2.38. The number of fused-ring (bicyclic) bond motifs is 1. The number of likely N-dealkylation sites (N-methyl/N-ethyl adjacent to an activating group) is 1. The Morgan fingerprint density at radius 1 is 1.41 bits per heavy atom. The third-order valence-electron chi connectivity index (χ3n) is 3.21. The number of anilines is 1. The van der Waals surface area contributed by atoms with Gasteiger partial charge in [-0.05, 0) is 23.3 Å². The first-order valence-electron chi connectivity index (χ1n) is 5.42. The van der Waals surface area contributed by atoms with Gasteiger partial charge in [0.25, 0.3) is 0 Å². The SMILES string of the molecule is CNC(=O)C1(NC=O)Cc2ccc(N)cc2C1. The summed E-state index contributed by atoms with van der Waals surface area (Å²) in [5.41, 5.74) is 7.58. The number of rotatable bonds is 3. The highest BCUT2D eigenvalue weighted by Crippen LogP contribution is 2.31. The number of carbonyl (C=O) groups excluding carboxylic acids is 2. The normalized spacial score (nSPS) is 21.7. The van der Waals surface area contributed by atoms with Crippen molar-refractivity contribution in [1.29, 1.82) is 0 Å². The first kappa shape index (κ1) is 11.4. The lowest BCUT2D eigenvalue weighted by Gasteiger charge is -2.25. The zero-order valence-corrected chi connectivity index (χ0v) is 9.62. The van der Waals surface area contributed by atoms with E-state index in [1.54, 1.807) is 13.1 Å². The molecule has 2 rings (SSSR count). The summed E-state index contributed by atoms with van der Waals surface area (Å²) in [5.74, 6) is -0.181. The summed E-state index contributed by atoms with van der Waals surface area (Å²) >= 11 is 0. The minimum Gasteiger partial charge on any atom is -0.399 e. The third-order valence-corrected chi connectivity index (χ3v) is 3.21. The number of hydrogen-bond donors (Lipinski definition) is 3. The number of amides is 2. The summed E-state index contributed by atoms with van der Waals surface area (Å²) in [5, 5.41) is 5.23. The summed E-state index contributed by atoms with van der Waals surface area (Å²) in [6.07, 6.45) is 1.55. The first-order chi connectivity index (χ1) is 8.11. The van der Waals surface area contributed by atoms with E-state index in [2.05, 4.69) is 10.6 Å². The van der Waals surface area contributed by atoms with Gasteiger partial charge in [-0.15, -0.1) is 0 Å². The Kier molecular flexibility index (Phi) is 2.75. The number of nitrogens with two attached hydrogens (primary N) is 1. The highest BCUT2D eigenvalue weighted by molar-refractivity contribution is 5.90. The lowest BCUT2D eigenvalue weighted by molar-refractivity contribution is -0.129. The number of benzene rings is 1. The second-order valence-electron chi connectivity index (χ2n) is 4.31. The molecule has 1 aliphatic carbocycles. The quantitative estimate of drug-likeness (QED) is 0.490. The van der Waals surface area contributed by atoms with Crippen molar-refractivity contribution in [3.05, 3.63) is 29.3 Å². The molecule has 17 heavy (non-hydrogen) atoms. The predicted molar refractivity (Wildman–Crippen MR) is 64.3 cm³/mol. The van der Waals surface area contributed by atoms with Gasteiger partial charge < -0.3 is 16.4 Å². The molecule has 1 aromatic rings. The van der Waals surface area contributed by atoms with Crippen molar-refractivity contribution in [1.82, 2.24) is 10.6 Å². The second-order valence-corrected chi connectivity index (χ2v) is 4.31. The lowest BCUT2D eigenvalue weighted by atomic mass is 9.95. The Morgan fingerprint density at radius 3 is 2.76 bits per heavy atom. The molecule has 90 valence electrons. The van der Waals surface area contributed by atoms with Crippen LogP contribution in [0.2, 0.25) is 0 Å². The van der Waals surface area contributed by atoms with Gasteiger partial charge in [0.15, 0.2) is 0 Å². The van der Waals surface area contributed by atoms with E-state index in [1.807, 2.05) is 12.1 Å². The Balaban J connectivity index is 2.36. The van der Waals surface area contributed by atoms with E-state index in [-0.39, 0.29) is 5.91 Å². The van der Waals surface area contributed by atoms with Crippen LogP contribution in [0, 0.1) is 0 Å². The summed E-state index contributed by atoms with van der Waals surface area (Å²) in [4.78, 5) is 22.6. The van der Waals surface area contributed by atoms with Crippen LogP contribution in [0.5, 0.6) is 0 Å². The molecule has 0 spiro atoms. The van der Waals surface area contributed by atoms with Gasteiger partial charge in [-0.3, -0.25) is 9.59 Å². The Hall–Kier alpha value is -2.04. The van der Waals surface area contributed by atoms with Crippen molar-refractivity contribution >= 4 is 18.0 Å². The molecule has 5 nitrogen and oxygen atoms in total. The summed E-state index contributed by atoms with van der Waals surface area (Å²) < 4.78 is 0. The van der Waals surface area contributed by atoms with Crippen molar-refractivity contribution < 1.29 is 9.59 Å². The number of carbonyl (C=O) groups is 2. The van der Waals surface area contributed by atoms with Crippen LogP contribution in [-0.2, 0) is 22.4 Å². The average molecular weight is 233 g/mol. The largest absolute Gasteiger partial charge is 0.399 e. The molecule has 1 atom stereocenters. The van der Waals surface area contributed by atoms with Crippen molar-refractivity contribution in [2.45, 2.75) is 18.4 Å². The first-order valence-corrected chi connectivity index (χ1v) is 5.42. The van der Waals surface area contributed by atoms with Gasteiger partial charge >= 0.3 is 0 Å². The van der Waals surface area contributed by atoms with E-state index in [4.69, 9.17) is 5.73 Å². The van der Waals surface area contributed by atoms with Crippen molar-refractivity contribution in [3.63, 3.8) is 0 Å². The molecule has 1 aliphatic rings. The molecule has 0 saturated carbocycles. The molecule has 0 fully saturated rings. The van der Waals surface area contributed by atoms with Crippen LogP contribution in [0.25, 0.3) is 0 Å². The fraction of sp³-hybridized carbons (Fsp3) is 0.333. The van der Waals surface area contributed by atoms with Crippen LogP contribution in [-0.4, -0.2) is 24.9 Å². The van der Waals surface area contributed by atoms with Crippen LogP contribution in [0.3, 0.4) is 0 Å². The fourth-order valence-corrected chi connectivity index (χ4v) is 2.38. The van der Waals surface area contributed by atoms with Gasteiger partial charge in [-0.25, -0.2) is 0 Å². The molecule has 0 aliphatic heterocycles. The van der Waals surface area contributed by atoms with E-state index in [0.717, 1.165) is 11.1 Å². The predicted octanol–water partition coefficient (Wildman–Crippen LogP) is -0.402. The van der Waals surface area contributed by atoms with E-state index in [1.165, 1.54) is 0 Å². The summed E-state index contributed by atoms with van der Waals surface area (Å²) in [7, 11) is 1.56. The van der Waals surface area contributed by atoms with Gasteiger partial charge in [-0.1, -0.05) is 6.07 Å². The van der Waals surface area contributed by atoms with Crippen LogP contribution >= 0.6 is 0 Å². The molecule has 4 N–H and O–H groups in total. The van der Waals surface area contributed by atoms with E-state index >= 15 is 0 Å². The highest BCUT2D eigenvalue weighted by atomic mass is 16.2. The molecular weight excluding hydrogens is 218 g/mol. The molecule has 5 heteroatoms. The van der Waals surface area contributed by atoms with Gasteiger partial charge in [-0.2, -0.15) is 0 Å². The maximum Gasteiger partial charge on any atom is 0.246 e. The second kappa shape index (κ2) is 4.08. The Bertz CT molecular complexity index is 473. The molecular formula is C12H15N3O2. The molecule has 0 heterocycles. The van der Waals surface area contributed by atoms with Gasteiger partial charge in [0.1, 0.15) is 5.54 Å². The van der Waals surface area contributed by atoms with Gasteiger partial charge in [0.05, 0.1) is 0 Å². The van der Waals surface area contributed by atoms with E-state index in [0.29, 0.717) is 24.9 Å². The minimum absolute atomic E-state index is 0.181. The van der Waals surface area contributed by atoms with Gasteiger partial charge in [0, 0.05) is 25.6 Å². The molecule has 0 radical (unpaired) electrons. The monoisotopic (exact) mass is 233 g/mol. The topological polar surface area (TPSA) is 84.2 Å². The standard InChI is InChI=1S/C12H15N3O2/c1-14-11(17)12(15-7-16)5-8-2-3-10(13)4-9(8)6-12/h2-4,7H,5-6,13H2,1H3,(H,14,17)(H,15,16). The van der Waals surface area contributed by atoms with Crippen LogP contribution in [0.1, 0.15) is 11.1 Å². The minimum atomic E-state index is -0.868. The van der Waals surface area contributed by atoms with Crippen LogP contribution < -0.4 is 16.4 Å². The van der Waals surface area contributed by atoms with Gasteiger partial charge in [0.2, 0.25) is 12.3 Å². The lowest BCUT2D eigenvalue weighted by Crippen LogP contribution is -2.56. The van der Waals surface area contributed by atoms with Crippen molar-refractivity contribution in [2.24, 2.45) is 0 Å². The molecule has 0 bridgehead atoms. The molecule has 1 aromatic carbocycles. The maximum atomic E-state index is 11.9. The van der Waals surface area contributed by atoms with Crippen molar-refractivity contribution in [2.75, 3.05) is 12.8 Å². The van der Waals surface area contributed by atoms with E-state index < -0.39 is 5.54 Å². The Morgan fingerprint density at radius 2 is 2.12 bits per heavy atom. The van der Waals surface area contributed by atoms with E-state index in [9.17, 15) is 9.59 Å². The smallest absolute Gasteiger partial charge is 0.246 e. The zero-order valence-electron chi connectivity index (χ0n) is 9.62. The number of nitrogens with one attached hydrogen (secondary N) is 2. The van der Waals surface area contributed by atoms with Crippen LogP contribution in [0.4, 0.5) is 5.69 Å². The average Bonchev–Trinajstić information content (AvgIpc) is 2.67. The van der Waals surface area contributed by atoms with Crippen LogP contribution in [0.15, 0.2) is 18.2 Å². The number of nitrogen functional groups attached to an aromatic ring is 1. The summed E-state index contributed by atoms with van der Waals surface area (Å²) in [6, 6.07) is 5.56. The molecule has 0 aromatic heterocycles. The van der Waals surface area contributed by atoms with Crippen molar-refractivity contribution in [3.8, 4) is 0 Å². The number of hydrogen-bond acceptors (Lipinski definition) is 3. The zero-order chi connectivity index (χ0) is 12.5. The maximum absolute atomic E-state index is 11.9. The molecule has 1 unspecified atom stereocenters. The highest BCUT2D eigenvalue weighted by Gasteiger charge is 2.43. The Labute approximate surface area is 99.4 Å². The summed E-state index contributed by atoms with van der Waals surface area (Å²) in [6.45, 7) is 0. The molecule has 0 saturated heterocycles. The molecule has 2 amide bonds. The third kappa shape index (κ3) is 1.84.